The summed E-state index contributed by atoms with van der Waals surface area (Å²) in [6.07, 6.45) is -0.548. The van der Waals surface area contributed by atoms with Crippen molar-refractivity contribution in [2.24, 2.45) is 0 Å². The monoisotopic (exact) mass is 294 g/mol. The zero-order valence-corrected chi connectivity index (χ0v) is 12.8. The van der Waals surface area contributed by atoms with Crippen LogP contribution in [0.2, 0.25) is 0 Å². The van der Waals surface area contributed by atoms with Crippen LogP contribution < -0.4 is 0 Å². The largest absolute Gasteiger partial charge is 0.508 e. The van der Waals surface area contributed by atoms with Crippen molar-refractivity contribution in [3.8, 4) is 0 Å². The summed E-state index contributed by atoms with van der Waals surface area (Å²) in [7, 11) is 3.08. The number of hydrogen-bond donors (Lipinski definition) is 0. The van der Waals surface area contributed by atoms with Gasteiger partial charge in [0.25, 0.3) is 0 Å². The van der Waals surface area contributed by atoms with E-state index in [1.807, 2.05) is 13.8 Å². The quantitative estimate of drug-likeness (QED) is 0.402. The lowest BCUT2D eigenvalue weighted by molar-refractivity contribution is -0.133. The van der Waals surface area contributed by atoms with Crippen molar-refractivity contribution < 1.29 is 33.2 Å². The first kappa shape index (κ1) is 19.1. The maximum Gasteiger partial charge on any atom is 0.508 e. The highest BCUT2D eigenvalue weighted by atomic mass is 16.7. The van der Waals surface area contributed by atoms with Crippen molar-refractivity contribution in [1.82, 2.24) is 0 Å². The lowest BCUT2D eigenvalue weighted by Crippen LogP contribution is -2.21. The van der Waals surface area contributed by atoms with Gasteiger partial charge in [-0.1, -0.05) is 0 Å². The summed E-state index contributed by atoms with van der Waals surface area (Å²) < 4.78 is 30.3. The van der Waals surface area contributed by atoms with Gasteiger partial charge in [0, 0.05) is 40.3 Å². The Hall–Kier alpha value is -0.890. The Labute approximate surface area is 120 Å². The molecule has 0 aliphatic carbocycles. The van der Waals surface area contributed by atoms with E-state index in [2.05, 4.69) is 0 Å². The van der Waals surface area contributed by atoms with E-state index in [0.717, 1.165) is 0 Å². The van der Waals surface area contributed by atoms with E-state index in [0.29, 0.717) is 26.1 Å². The molecule has 0 aromatic heterocycles. The first-order valence-corrected chi connectivity index (χ1v) is 6.76. The predicted molar refractivity (Wildman–Crippen MR) is 71.4 cm³/mol. The lowest BCUT2D eigenvalue weighted by atomic mass is 10.4. The molecule has 20 heavy (non-hydrogen) atoms. The van der Waals surface area contributed by atoms with Crippen LogP contribution >= 0.6 is 0 Å². The van der Waals surface area contributed by atoms with Gasteiger partial charge in [0.05, 0.1) is 13.2 Å². The molecule has 7 heteroatoms. The van der Waals surface area contributed by atoms with Crippen molar-refractivity contribution >= 4 is 6.16 Å². The fourth-order valence-corrected chi connectivity index (χ4v) is 1.43. The van der Waals surface area contributed by atoms with Gasteiger partial charge < -0.3 is 28.4 Å². The lowest BCUT2D eigenvalue weighted by Gasteiger charge is -2.16. The summed E-state index contributed by atoms with van der Waals surface area (Å²) in [5, 5.41) is 0. The Morgan fingerprint density at radius 3 is 1.55 bits per heavy atom. The summed E-state index contributed by atoms with van der Waals surface area (Å²) in [5.74, 6) is 0. The number of carbonyl (C=O) groups is 1. The predicted octanol–water partition coefficient (Wildman–Crippen LogP) is 1.94. The van der Waals surface area contributed by atoms with Crippen LogP contribution in [0, 0.1) is 0 Å². The second-order valence-corrected chi connectivity index (χ2v) is 3.77. The zero-order valence-electron chi connectivity index (χ0n) is 12.8. The third kappa shape index (κ3) is 9.96. The molecular formula is C13H26O7. The van der Waals surface area contributed by atoms with Crippen molar-refractivity contribution in [3.05, 3.63) is 0 Å². The second kappa shape index (κ2) is 13.1. The summed E-state index contributed by atoms with van der Waals surface area (Å²) in [4.78, 5) is 11.3. The summed E-state index contributed by atoms with van der Waals surface area (Å²) in [6, 6.07) is 0. The number of ether oxygens (including phenoxy) is 6. The van der Waals surface area contributed by atoms with Gasteiger partial charge in [-0.3, -0.25) is 0 Å². The SMILES string of the molecule is CCOC(CCOC(=O)OCCC(OC)OCC)OC. The maximum absolute atomic E-state index is 11.3. The smallest absolute Gasteiger partial charge is 0.434 e. The molecule has 120 valence electrons. The standard InChI is InChI=1S/C13H26O7/c1-5-17-11(15-3)7-9-19-13(14)20-10-8-12(16-4)18-6-2/h11-12H,5-10H2,1-4H3. The molecule has 2 atom stereocenters. The molecule has 0 aromatic rings. The van der Waals surface area contributed by atoms with Crippen molar-refractivity contribution in [3.63, 3.8) is 0 Å². The highest BCUT2D eigenvalue weighted by Crippen LogP contribution is 2.02. The maximum atomic E-state index is 11.3. The molecule has 2 unspecified atom stereocenters. The minimum atomic E-state index is -0.720. The van der Waals surface area contributed by atoms with Gasteiger partial charge in [-0.2, -0.15) is 0 Å². The Morgan fingerprint density at radius 1 is 0.850 bits per heavy atom. The minimum absolute atomic E-state index is 0.177. The van der Waals surface area contributed by atoms with E-state index in [4.69, 9.17) is 28.4 Å². The molecule has 0 aliphatic heterocycles. The van der Waals surface area contributed by atoms with Crippen LogP contribution in [-0.2, 0) is 28.4 Å². The number of rotatable bonds is 12. The molecule has 0 radical (unpaired) electrons. The van der Waals surface area contributed by atoms with E-state index >= 15 is 0 Å². The van der Waals surface area contributed by atoms with E-state index in [1.54, 1.807) is 0 Å². The van der Waals surface area contributed by atoms with Crippen molar-refractivity contribution in [1.29, 1.82) is 0 Å². The molecule has 0 bridgehead atoms. The number of carbonyl (C=O) groups excluding carboxylic acids is 1. The van der Waals surface area contributed by atoms with Gasteiger partial charge in [0.15, 0.2) is 12.6 Å². The fourth-order valence-electron chi connectivity index (χ4n) is 1.43. The molecule has 0 amide bonds. The number of methoxy groups -OCH3 is 2. The Morgan fingerprint density at radius 2 is 1.25 bits per heavy atom. The van der Waals surface area contributed by atoms with Crippen LogP contribution in [0.4, 0.5) is 4.79 Å². The van der Waals surface area contributed by atoms with Gasteiger partial charge in [-0.15, -0.1) is 0 Å². The average Bonchev–Trinajstić information content (AvgIpc) is 2.45. The van der Waals surface area contributed by atoms with Gasteiger partial charge in [0.2, 0.25) is 0 Å². The molecule has 0 spiro atoms. The average molecular weight is 294 g/mol. The molecule has 0 aliphatic rings. The second-order valence-electron chi connectivity index (χ2n) is 3.77. The topological polar surface area (TPSA) is 72.5 Å². The molecule has 7 nitrogen and oxygen atoms in total. The molecule has 0 fully saturated rings. The highest BCUT2D eigenvalue weighted by molar-refractivity contribution is 5.59. The van der Waals surface area contributed by atoms with Crippen LogP contribution in [0.3, 0.4) is 0 Å². The normalized spacial score (nSPS) is 13.8. The van der Waals surface area contributed by atoms with Crippen LogP contribution in [0.15, 0.2) is 0 Å². The van der Waals surface area contributed by atoms with Crippen LogP contribution in [0.25, 0.3) is 0 Å². The molecule has 0 heterocycles. The molecule has 0 saturated heterocycles. The summed E-state index contributed by atoms with van der Waals surface area (Å²) in [5.41, 5.74) is 0. The summed E-state index contributed by atoms with van der Waals surface area (Å²) >= 11 is 0. The fraction of sp³-hybridized carbons (Fsp3) is 0.923. The molecule has 0 rings (SSSR count). The van der Waals surface area contributed by atoms with Crippen molar-refractivity contribution in [2.75, 3.05) is 40.6 Å². The van der Waals surface area contributed by atoms with Gasteiger partial charge in [-0.25, -0.2) is 4.79 Å². The van der Waals surface area contributed by atoms with E-state index in [1.165, 1.54) is 14.2 Å². The first-order valence-electron chi connectivity index (χ1n) is 6.76. The third-order valence-corrected chi connectivity index (χ3v) is 2.38. The zero-order chi connectivity index (χ0) is 15.2. The Kier molecular flexibility index (Phi) is 12.5. The molecular weight excluding hydrogens is 268 g/mol. The Balaban J connectivity index is 3.63. The van der Waals surface area contributed by atoms with Gasteiger partial charge in [-0.05, 0) is 13.8 Å². The van der Waals surface area contributed by atoms with Crippen molar-refractivity contribution in [2.45, 2.75) is 39.3 Å². The van der Waals surface area contributed by atoms with Crippen LogP contribution in [-0.4, -0.2) is 59.4 Å². The molecule has 0 aromatic carbocycles. The third-order valence-electron chi connectivity index (χ3n) is 2.38. The first-order chi connectivity index (χ1) is 9.67. The van der Waals surface area contributed by atoms with E-state index in [9.17, 15) is 4.79 Å². The van der Waals surface area contributed by atoms with Crippen LogP contribution in [0.5, 0.6) is 0 Å². The Bertz CT molecular complexity index is 213. The molecule has 0 N–H and O–H groups in total. The summed E-state index contributed by atoms with van der Waals surface area (Å²) in [6.45, 7) is 5.17. The van der Waals surface area contributed by atoms with Gasteiger partial charge in [0.1, 0.15) is 0 Å². The van der Waals surface area contributed by atoms with Crippen LogP contribution in [0.1, 0.15) is 26.7 Å². The van der Waals surface area contributed by atoms with Gasteiger partial charge >= 0.3 is 6.16 Å². The van der Waals surface area contributed by atoms with E-state index in [-0.39, 0.29) is 25.8 Å². The highest BCUT2D eigenvalue weighted by Gasteiger charge is 2.11. The number of hydrogen-bond acceptors (Lipinski definition) is 7. The molecule has 0 saturated carbocycles. The van der Waals surface area contributed by atoms with E-state index < -0.39 is 6.16 Å². The minimum Gasteiger partial charge on any atom is -0.434 e.